The third-order valence-electron chi connectivity index (χ3n) is 3.43. The van der Waals surface area contributed by atoms with E-state index in [-0.39, 0.29) is 5.82 Å². The summed E-state index contributed by atoms with van der Waals surface area (Å²) in [6.45, 7) is 4.20. The lowest BCUT2D eigenvalue weighted by atomic mass is 10.0. The molecule has 0 heterocycles. The van der Waals surface area contributed by atoms with Crippen LogP contribution in [0.4, 0.5) is 15.8 Å². The Balaban J connectivity index is 2.61. The van der Waals surface area contributed by atoms with Crippen LogP contribution in [0.2, 0.25) is 0 Å². The highest BCUT2D eigenvalue weighted by atomic mass is 19.1. The second-order valence-corrected chi connectivity index (χ2v) is 4.76. The summed E-state index contributed by atoms with van der Waals surface area (Å²) in [6.07, 6.45) is -0.711. The Labute approximate surface area is 124 Å². The summed E-state index contributed by atoms with van der Waals surface area (Å²) in [7, 11) is 1.56. The zero-order valence-electron chi connectivity index (χ0n) is 12.5. The fourth-order valence-electron chi connectivity index (χ4n) is 2.51. The van der Waals surface area contributed by atoms with Crippen molar-refractivity contribution in [3.63, 3.8) is 0 Å². The Kier molecular flexibility index (Phi) is 4.81. The summed E-state index contributed by atoms with van der Waals surface area (Å²) in [5.74, 6) is 0.302. The molecule has 2 aromatic carbocycles. The number of nitrogens with zero attached hydrogens (tertiary/aromatic N) is 1. The van der Waals surface area contributed by atoms with Crippen molar-refractivity contribution in [3.05, 3.63) is 53.8 Å². The van der Waals surface area contributed by atoms with Gasteiger partial charge in [-0.1, -0.05) is 18.2 Å². The highest BCUT2D eigenvalue weighted by Gasteiger charge is 2.20. The smallest absolute Gasteiger partial charge is 0.146 e. The van der Waals surface area contributed by atoms with Crippen molar-refractivity contribution in [1.82, 2.24) is 0 Å². The number of para-hydroxylation sites is 1. The average Bonchev–Trinajstić information content (AvgIpc) is 2.49. The van der Waals surface area contributed by atoms with Gasteiger partial charge in [0.1, 0.15) is 11.6 Å². The van der Waals surface area contributed by atoms with Gasteiger partial charge in [-0.05, 0) is 38.1 Å². The number of hydrogen-bond acceptors (Lipinski definition) is 3. The van der Waals surface area contributed by atoms with Crippen LogP contribution in [0, 0.1) is 5.82 Å². The van der Waals surface area contributed by atoms with Gasteiger partial charge in [0.2, 0.25) is 0 Å². The molecule has 0 aliphatic carbocycles. The lowest BCUT2D eigenvalue weighted by molar-refractivity contribution is 0.195. The van der Waals surface area contributed by atoms with Crippen molar-refractivity contribution in [2.45, 2.75) is 20.0 Å². The summed E-state index contributed by atoms with van der Waals surface area (Å²) in [4.78, 5) is 1.83. The Morgan fingerprint density at radius 1 is 1.14 bits per heavy atom. The summed E-state index contributed by atoms with van der Waals surface area (Å²) in [6, 6.07) is 12.1. The SMILES string of the molecule is CCN(c1ccccc1F)c1cccc(OC)c1[C@@H](C)O. The minimum atomic E-state index is -0.711. The van der Waals surface area contributed by atoms with Crippen LogP contribution in [0.3, 0.4) is 0 Å². The Bertz CT molecular complexity index is 613. The molecule has 3 nitrogen and oxygen atoms in total. The lowest BCUT2D eigenvalue weighted by Crippen LogP contribution is -2.20. The van der Waals surface area contributed by atoms with E-state index in [0.29, 0.717) is 23.5 Å². The molecule has 0 aliphatic heterocycles. The van der Waals surface area contributed by atoms with Gasteiger partial charge in [0.25, 0.3) is 0 Å². The van der Waals surface area contributed by atoms with E-state index in [4.69, 9.17) is 4.74 Å². The fraction of sp³-hybridized carbons (Fsp3) is 0.294. The van der Waals surface area contributed by atoms with Crippen LogP contribution in [0.25, 0.3) is 0 Å². The van der Waals surface area contributed by atoms with Crippen LogP contribution in [-0.4, -0.2) is 18.8 Å². The van der Waals surface area contributed by atoms with Gasteiger partial charge in [0.05, 0.1) is 24.6 Å². The third-order valence-corrected chi connectivity index (χ3v) is 3.43. The van der Waals surface area contributed by atoms with E-state index in [1.807, 2.05) is 24.0 Å². The van der Waals surface area contributed by atoms with E-state index >= 15 is 0 Å². The summed E-state index contributed by atoms with van der Waals surface area (Å²) in [5, 5.41) is 10.1. The summed E-state index contributed by atoms with van der Waals surface area (Å²) in [5.41, 5.74) is 1.89. The van der Waals surface area contributed by atoms with E-state index in [0.717, 1.165) is 5.69 Å². The van der Waals surface area contributed by atoms with Crippen molar-refractivity contribution in [2.24, 2.45) is 0 Å². The molecule has 0 aliphatic rings. The maximum absolute atomic E-state index is 14.1. The predicted octanol–water partition coefficient (Wildman–Crippen LogP) is 4.05. The first kappa shape index (κ1) is 15.3. The highest BCUT2D eigenvalue weighted by molar-refractivity contribution is 5.70. The van der Waals surface area contributed by atoms with Crippen LogP contribution in [-0.2, 0) is 0 Å². The molecule has 0 amide bonds. The number of anilines is 2. The van der Waals surface area contributed by atoms with Crippen LogP contribution in [0.5, 0.6) is 5.75 Å². The topological polar surface area (TPSA) is 32.7 Å². The van der Waals surface area contributed by atoms with Crippen molar-refractivity contribution in [2.75, 3.05) is 18.6 Å². The van der Waals surface area contributed by atoms with Crippen LogP contribution < -0.4 is 9.64 Å². The Hall–Kier alpha value is -2.07. The van der Waals surface area contributed by atoms with Crippen molar-refractivity contribution in [3.8, 4) is 5.75 Å². The van der Waals surface area contributed by atoms with Gasteiger partial charge in [-0.25, -0.2) is 4.39 Å². The number of ether oxygens (including phenoxy) is 1. The number of benzene rings is 2. The number of hydrogen-bond donors (Lipinski definition) is 1. The van der Waals surface area contributed by atoms with Gasteiger partial charge in [-0.3, -0.25) is 0 Å². The van der Waals surface area contributed by atoms with E-state index in [2.05, 4.69) is 0 Å². The Morgan fingerprint density at radius 3 is 2.38 bits per heavy atom. The number of methoxy groups -OCH3 is 1. The number of aliphatic hydroxyl groups is 1. The first-order valence-corrected chi connectivity index (χ1v) is 6.97. The van der Waals surface area contributed by atoms with Crippen molar-refractivity contribution < 1.29 is 14.2 Å². The highest BCUT2D eigenvalue weighted by Crippen LogP contribution is 2.38. The number of halogens is 1. The number of rotatable bonds is 5. The van der Waals surface area contributed by atoms with Crippen molar-refractivity contribution in [1.29, 1.82) is 0 Å². The molecule has 0 saturated heterocycles. The lowest BCUT2D eigenvalue weighted by Gasteiger charge is -2.28. The van der Waals surface area contributed by atoms with Gasteiger partial charge in [-0.2, -0.15) is 0 Å². The molecule has 0 fully saturated rings. The molecular weight excluding hydrogens is 269 g/mol. The molecule has 4 heteroatoms. The maximum Gasteiger partial charge on any atom is 0.146 e. The minimum absolute atomic E-state index is 0.293. The molecule has 21 heavy (non-hydrogen) atoms. The second-order valence-electron chi connectivity index (χ2n) is 4.76. The molecule has 0 bridgehead atoms. The quantitative estimate of drug-likeness (QED) is 0.901. The third kappa shape index (κ3) is 3.00. The van der Waals surface area contributed by atoms with Gasteiger partial charge in [-0.15, -0.1) is 0 Å². The van der Waals surface area contributed by atoms with Crippen LogP contribution >= 0.6 is 0 Å². The molecule has 0 radical (unpaired) electrons. The molecule has 1 N–H and O–H groups in total. The van der Waals surface area contributed by atoms with Gasteiger partial charge >= 0.3 is 0 Å². The van der Waals surface area contributed by atoms with Gasteiger partial charge < -0.3 is 14.7 Å². The van der Waals surface area contributed by atoms with Gasteiger partial charge in [0, 0.05) is 12.1 Å². The molecule has 0 unspecified atom stereocenters. The molecule has 0 saturated carbocycles. The van der Waals surface area contributed by atoms with Gasteiger partial charge in [0.15, 0.2) is 0 Å². The largest absolute Gasteiger partial charge is 0.496 e. The standard InChI is InChI=1S/C17H20FNO2/c1-4-19(14-9-6-5-8-13(14)18)15-10-7-11-16(21-3)17(15)12(2)20/h5-12,20H,4H2,1-3H3/t12-/m1/s1. The molecule has 112 valence electrons. The molecule has 2 rings (SSSR count). The molecule has 0 spiro atoms. The first-order chi connectivity index (χ1) is 10.1. The zero-order chi connectivity index (χ0) is 15.4. The van der Waals surface area contributed by atoms with E-state index in [1.165, 1.54) is 6.07 Å². The normalized spacial score (nSPS) is 12.0. The first-order valence-electron chi connectivity index (χ1n) is 6.97. The molecule has 2 aromatic rings. The van der Waals surface area contributed by atoms with Crippen LogP contribution in [0.1, 0.15) is 25.5 Å². The molecule has 1 atom stereocenters. The van der Waals surface area contributed by atoms with E-state index < -0.39 is 6.10 Å². The number of aliphatic hydroxyl groups excluding tert-OH is 1. The molecular formula is C17H20FNO2. The monoisotopic (exact) mass is 289 g/mol. The minimum Gasteiger partial charge on any atom is -0.496 e. The second kappa shape index (κ2) is 6.59. The van der Waals surface area contributed by atoms with E-state index in [1.54, 1.807) is 38.3 Å². The summed E-state index contributed by atoms with van der Waals surface area (Å²) >= 11 is 0. The average molecular weight is 289 g/mol. The summed E-state index contributed by atoms with van der Waals surface area (Å²) < 4.78 is 19.4. The zero-order valence-corrected chi connectivity index (χ0v) is 12.5. The maximum atomic E-state index is 14.1. The van der Waals surface area contributed by atoms with Crippen molar-refractivity contribution >= 4 is 11.4 Å². The van der Waals surface area contributed by atoms with E-state index in [9.17, 15) is 9.50 Å². The Morgan fingerprint density at radius 2 is 1.81 bits per heavy atom. The fourth-order valence-corrected chi connectivity index (χ4v) is 2.51. The molecule has 0 aromatic heterocycles. The predicted molar refractivity (Wildman–Crippen MR) is 82.7 cm³/mol. The van der Waals surface area contributed by atoms with Crippen LogP contribution in [0.15, 0.2) is 42.5 Å².